The minimum absolute atomic E-state index is 0.117. The number of carbonyl (C=O) groups excluding carboxylic acids is 1. The summed E-state index contributed by atoms with van der Waals surface area (Å²) in [5.41, 5.74) is 2.49. The van der Waals surface area contributed by atoms with Gasteiger partial charge >= 0.3 is 0 Å². The van der Waals surface area contributed by atoms with Crippen LogP contribution in [0.25, 0.3) is 11.2 Å². The number of benzene rings is 1. The van der Waals surface area contributed by atoms with E-state index in [0.29, 0.717) is 38.4 Å². The first-order valence-electron chi connectivity index (χ1n) is 9.68. The standard InChI is InChI=1S/C21H23Cl2N5O/c1-21(2)8-4-5-13(10-21)25-19(29)12-9-16-18(24-11-12)28-20(26-16)27-17-14(22)6-3-7-15(17)23/h3,6-7,9,11,13H,4-5,8,10H2,1-2H3,(H,25,29)(H2,24,26,27,28). The molecule has 1 aliphatic rings. The Hall–Kier alpha value is -2.31. The molecule has 0 bridgehead atoms. The third-order valence-corrected chi connectivity index (χ3v) is 5.98. The molecule has 0 spiro atoms. The Bertz CT molecular complexity index is 1040. The SMILES string of the molecule is CC1(C)CCCC(NC(=O)c2cnc3[nH]c(Nc4c(Cl)cccc4Cl)nc3c2)C1. The van der Waals surface area contributed by atoms with Crippen molar-refractivity contribution in [2.24, 2.45) is 5.41 Å². The summed E-state index contributed by atoms with van der Waals surface area (Å²) in [5.74, 6) is 0.336. The zero-order valence-corrected chi connectivity index (χ0v) is 17.9. The highest BCUT2D eigenvalue weighted by Gasteiger charge is 2.29. The quantitative estimate of drug-likeness (QED) is 0.493. The van der Waals surface area contributed by atoms with Gasteiger partial charge in [-0.05, 0) is 42.9 Å². The number of hydrogen-bond donors (Lipinski definition) is 3. The molecule has 6 nitrogen and oxygen atoms in total. The Morgan fingerprint density at radius 3 is 2.76 bits per heavy atom. The van der Waals surface area contributed by atoms with Crippen LogP contribution in [0.2, 0.25) is 10.0 Å². The molecular weight excluding hydrogens is 409 g/mol. The van der Waals surface area contributed by atoms with Gasteiger partial charge in [0.2, 0.25) is 5.95 Å². The van der Waals surface area contributed by atoms with E-state index in [0.717, 1.165) is 19.3 Å². The molecule has 1 amide bonds. The number of aromatic nitrogens is 3. The van der Waals surface area contributed by atoms with Gasteiger partial charge in [0.1, 0.15) is 5.52 Å². The second kappa shape index (κ2) is 7.84. The number of imidazole rings is 1. The highest BCUT2D eigenvalue weighted by molar-refractivity contribution is 6.39. The largest absolute Gasteiger partial charge is 0.349 e. The van der Waals surface area contributed by atoms with Gasteiger partial charge < -0.3 is 15.6 Å². The second-order valence-electron chi connectivity index (χ2n) is 8.33. The van der Waals surface area contributed by atoms with Crippen LogP contribution in [0.5, 0.6) is 0 Å². The summed E-state index contributed by atoms with van der Waals surface area (Å²) in [6.45, 7) is 4.50. The Morgan fingerprint density at radius 1 is 1.28 bits per heavy atom. The maximum absolute atomic E-state index is 12.7. The van der Waals surface area contributed by atoms with E-state index in [1.807, 2.05) is 0 Å². The summed E-state index contributed by atoms with van der Waals surface area (Å²) in [7, 11) is 0. The van der Waals surface area contributed by atoms with Crippen molar-refractivity contribution in [1.82, 2.24) is 20.3 Å². The van der Waals surface area contributed by atoms with Crippen LogP contribution < -0.4 is 10.6 Å². The molecule has 2 heterocycles. The number of carbonyl (C=O) groups is 1. The van der Waals surface area contributed by atoms with E-state index in [9.17, 15) is 4.79 Å². The van der Waals surface area contributed by atoms with Crippen LogP contribution in [0.15, 0.2) is 30.5 Å². The molecule has 1 fully saturated rings. The number of amides is 1. The predicted octanol–water partition coefficient (Wildman–Crippen LogP) is 5.71. The lowest BCUT2D eigenvalue weighted by Crippen LogP contribution is -2.40. The summed E-state index contributed by atoms with van der Waals surface area (Å²) in [4.78, 5) is 24.6. The van der Waals surface area contributed by atoms with Crippen LogP contribution in [0.4, 0.5) is 11.6 Å². The van der Waals surface area contributed by atoms with Gasteiger partial charge in [-0.2, -0.15) is 0 Å². The number of hydrogen-bond acceptors (Lipinski definition) is 4. The van der Waals surface area contributed by atoms with Crippen molar-refractivity contribution in [2.45, 2.75) is 45.6 Å². The number of aromatic amines is 1. The molecule has 1 saturated carbocycles. The molecule has 0 radical (unpaired) electrons. The zero-order chi connectivity index (χ0) is 20.6. The molecule has 29 heavy (non-hydrogen) atoms. The molecule has 1 unspecified atom stereocenters. The van der Waals surface area contributed by atoms with E-state index in [-0.39, 0.29) is 17.4 Å². The molecule has 0 saturated heterocycles. The van der Waals surface area contributed by atoms with Gasteiger partial charge in [-0.1, -0.05) is 49.5 Å². The van der Waals surface area contributed by atoms with Crippen molar-refractivity contribution in [1.29, 1.82) is 0 Å². The number of nitrogens with one attached hydrogen (secondary N) is 3. The number of pyridine rings is 1. The first-order valence-corrected chi connectivity index (χ1v) is 10.4. The highest BCUT2D eigenvalue weighted by atomic mass is 35.5. The fraction of sp³-hybridized carbons (Fsp3) is 0.381. The third-order valence-electron chi connectivity index (χ3n) is 5.35. The number of rotatable bonds is 4. The lowest BCUT2D eigenvalue weighted by molar-refractivity contribution is 0.0902. The Kier molecular flexibility index (Phi) is 5.40. The predicted molar refractivity (Wildman–Crippen MR) is 117 cm³/mol. The molecule has 4 rings (SSSR count). The summed E-state index contributed by atoms with van der Waals surface area (Å²) < 4.78 is 0. The van der Waals surface area contributed by atoms with E-state index in [1.54, 1.807) is 30.5 Å². The fourth-order valence-electron chi connectivity index (χ4n) is 3.90. The molecule has 2 aromatic heterocycles. The van der Waals surface area contributed by atoms with Crippen LogP contribution >= 0.6 is 23.2 Å². The maximum Gasteiger partial charge on any atom is 0.253 e. The van der Waals surface area contributed by atoms with E-state index < -0.39 is 0 Å². The van der Waals surface area contributed by atoms with Gasteiger partial charge in [0.25, 0.3) is 5.91 Å². The molecule has 8 heteroatoms. The molecule has 3 N–H and O–H groups in total. The lowest BCUT2D eigenvalue weighted by Gasteiger charge is -2.35. The second-order valence-corrected chi connectivity index (χ2v) is 9.14. The van der Waals surface area contributed by atoms with Gasteiger partial charge in [-0.15, -0.1) is 0 Å². The minimum Gasteiger partial charge on any atom is -0.349 e. The van der Waals surface area contributed by atoms with Gasteiger partial charge in [0.15, 0.2) is 5.65 Å². The fourth-order valence-corrected chi connectivity index (χ4v) is 4.40. The number of anilines is 2. The minimum atomic E-state index is -0.117. The summed E-state index contributed by atoms with van der Waals surface area (Å²) in [6.07, 6.45) is 5.90. The van der Waals surface area contributed by atoms with Crippen molar-refractivity contribution in [3.63, 3.8) is 0 Å². The monoisotopic (exact) mass is 431 g/mol. The van der Waals surface area contributed by atoms with Gasteiger partial charge in [-0.25, -0.2) is 9.97 Å². The topological polar surface area (TPSA) is 82.7 Å². The van der Waals surface area contributed by atoms with E-state index in [4.69, 9.17) is 23.2 Å². The van der Waals surface area contributed by atoms with Crippen molar-refractivity contribution in [2.75, 3.05) is 5.32 Å². The van der Waals surface area contributed by atoms with E-state index in [2.05, 4.69) is 39.4 Å². The number of H-pyrrole nitrogens is 1. The molecular formula is C21H23Cl2N5O. The average Bonchev–Trinajstić information content (AvgIpc) is 3.05. The summed E-state index contributed by atoms with van der Waals surface area (Å²) in [6, 6.07) is 7.19. The highest BCUT2D eigenvalue weighted by Crippen LogP contribution is 2.35. The molecule has 152 valence electrons. The summed E-state index contributed by atoms with van der Waals surface area (Å²) in [5, 5.41) is 7.21. The zero-order valence-electron chi connectivity index (χ0n) is 16.4. The smallest absolute Gasteiger partial charge is 0.253 e. The van der Waals surface area contributed by atoms with Crippen molar-refractivity contribution in [3.05, 3.63) is 46.1 Å². The summed E-state index contributed by atoms with van der Waals surface area (Å²) >= 11 is 12.4. The van der Waals surface area contributed by atoms with Crippen LogP contribution in [0.1, 0.15) is 49.9 Å². The molecule has 1 atom stereocenters. The maximum atomic E-state index is 12.7. The van der Waals surface area contributed by atoms with Crippen LogP contribution in [-0.2, 0) is 0 Å². The Morgan fingerprint density at radius 2 is 2.03 bits per heavy atom. The normalized spacial score (nSPS) is 18.6. The van der Waals surface area contributed by atoms with Crippen LogP contribution in [-0.4, -0.2) is 26.9 Å². The van der Waals surface area contributed by atoms with Crippen LogP contribution in [0.3, 0.4) is 0 Å². The average molecular weight is 432 g/mol. The van der Waals surface area contributed by atoms with Crippen molar-refractivity contribution >= 4 is 51.9 Å². The van der Waals surface area contributed by atoms with Crippen LogP contribution in [0, 0.1) is 5.41 Å². The van der Waals surface area contributed by atoms with Gasteiger partial charge in [0.05, 0.1) is 21.3 Å². The Balaban J connectivity index is 1.51. The molecule has 1 aliphatic carbocycles. The van der Waals surface area contributed by atoms with Crippen molar-refractivity contribution in [3.8, 4) is 0 Å². The molecule has 0 aliphatic heterocycles. The third kappa shape index (κ3) is 4.49. The number of halogens is 2. The first kappa shape index (κ1) is 20.0. The van der Waals surface area contributed by atoms with E-state index in [1.165, 1.54) is 6.42 Å². The number of fused-ring (bicyclic) bond motifs is 1. The number of nitrogens with zero attached hydrogens (tertiary/aromatic N) is 2. The Labute approximate surface area is 179 Å². The molecule has 1 aromatic carbocycles. The number of para-hydroxylation sites is 1. The van der Waals surface area contributed by atoms with Gasteiger partial charge in [0, 0.05) is 12.2 Å². The van der Waals surface area contributed by atoms with E-state index >= 15 is 0 Å². The van der Waals surface area contributed by atoms with Gasteiger partial charge in [-0.3, -0.25) is 4.79 Å². The first-order chi connectivity index (χ1) is 13.8. The molecule has 3 aromatic rings. The van der Waals surface area contributed by atoms with Crippen molar-refractivity contribution < 1.29 is 4.79 Å². The lowest BCUT2D eigenvalue weighted by atomic mass is 9.75.